The Morgan fingerprint density at radius 1 is 0.406 bits per heavy atom. The second kappa shape index (κ2) is 43.7. The summed E-state index contributed by atoms with van der Waals surface area (Å²) in [5, 5.41) is 61.7. The summed E-state index contributed by atoms with van der Waals surface area (Å²) in [6.45, 7) is 27.9. The number of aliphatic hydroxyl groups is 4. The van der Waals surface area contributed by atoms with Gasteiger partial charge in [-0.05, 0) is 197 Å². The van der Waals surface area contributed by atoms with Crippen molar-refractivity contribution in [3.05, 3.63) is 372 Å². The van der Waals surface area contributed by atoms with E-state index in [0.29, 0.717) is 41.1 Å². The minimum absolute atomic E-state index is 0. The molecule has 128 heavy (non-hydrogen) atoms. The third kappa shape index (κ3) is 23.8. The summed E-state index contributed by atoms with van der Waals surface area (Å²) in [5.74, 6) is 0.271. The average Bonchev–Trinajstić information content (AvgIpc) is 1.58. The molecule has 14 aromatic rings. The third-order valence-corrected chi connectivity index (χ3v) is 22.3. The van der Waals surface area contributed by atoms with Gasteiger partial charge in [0.1, 0.15) is 11.5 Å². The molecule has 0 bridgehead atoms. The van der Waals surface area contributed by atoms with Crippen molar-refractivity contribution in [1.82, 2.24) is 29.9 Å². The largest absolute Gasteiger partial charge is 0.512 e. The Hall–Kier alpha value is -11.3. The van der Waals surface area contributed by atoms with Crippen molar-refractivity contribution in [2.75, 3.05) is 0 Å². The standard InChI is InChI=1S/C30H34N2O2.2C24H18N.C22H18N2O2.2C5H8O2.2Ir.Pd.Pt/c1-29(2,3)19-15-23(21-11-7-9-13-27(21)33)31-25(17-19)26-18-20(30(4,5)6)16-24(32-26)22-12-8-10-14-28(22)34;1-24(2)20-9-5-4-8-18(20)19-13-11-17(15-21(19)24)23-14-12-16-7-3-6-10-22(16)25-23;1-24(2)21-10-6-5-9-19(21)20-12-11-17(15-22(20)24)23-18-8-4-3-7-16(18)13-14-25-23;25-21-13-3-1-7-15(21)17-9-5-11-19(23-17)20-12-6-10-18(24-20)16-8-2-4-14-22(16)26;2*1-4(6)3-5(2)7;;;;/h7-13,15-18,28,33-34H,14H2,1-6H3;2*3-10,12-15H,1-2H3;1-13,22,25-26H,14H2;2*3,6H,1-2H3;;;;/q;2*-1;;;;;;;. The molecular formula is C110H104Ir2N6O8PdPt-2. The quantitative estimate of drug-likeness (QED) is 0.0324. The predicted molar refractivity (Wildman–Crippen MR) is 503 cm³/mol. The van der Waals surface area contributed by atoms with E-state index < -0.39 is 12.2 Å². The van der Waals surface area contributed by atoms with E-state index in [0.717, 1.165) is 78.8 Å². The molecule has 0 fully saturated rings. The van der Waals surface area contributed by atoms with E-state index in [1.165, 1.54) is 101 Å². The van der Waals surface area contributed by atoms with Crippen molar-refractivity contribution in [2.24, 2.45) is 0 Å². The van der Waals surface area contributed by atoms with Gasteiger partial charge < -0.3 is 35.6 Å². The monoisotopic (exact) mass is 2320 g/mol. The Bertz CT molecular complexity index is 6530. The number of hydrogen-bond donors (Lipinski definition) is 6. The molecule has 0 saturated heterocycles. The average molecular weight is 2320 g/mol. The Kier molecular flexibility index (Phi) is 34.3. The van der Waals surface area contributed by atoms with E-state index >= 15 is 0 Å². The van der Waals surface area contributed by atoms with E-state index in [1.807, 2.05) is 128 Å². The van der Waals surface area contributed by atoms with E-state index in [-0.39, 0.29) is 138 Å². The predicted octanol–water partition coefficient (Wildman–Crippen LogP) is 25.1. The molecule has 6 aromatic heterocycles. The van der Waals surface area contributed by atoms with E-state index in [4.69, 9.17) is 25.2 Å². The number of nitrogens with zero attached hydrogens (tertiary/aromatic N) is 6. The molecule has 6 N–H and O–H groups in total. The number of carbonyl (C=O) groups is 2. The van der Waals surface area contributed by atoms with Crippen molar-refractivity contribution in [1.29, 1.82) is 0 Å². The number of aromatic nitrogens is 6. The van der Waals surface area contributed by atoms with Crippen LogP contribution in [0.2, 0.25) is 0 Å². The number of pyridine rings is 6. The van der Waals surface area contributed by atoms with Crippen molar-refractivity contribution in [3.8, 4) is 102 Å². The van der Waals surface area contributed by atoms with Crippen LogP contribution < -0.4 is 0 Å². The molecule has 0 aliphatic heterocycles. The van der Waals surface area contributed by atoms with Gasteiger partial charge in [-0.25, -0.2) is 19.9 Å². The van der Waals surface area contributed by atoms with Gasteiger partial charge in [0.2, 0.25) is 0 Å². The molecule has 2 atom stereocenters. The Morgan fingerprint density at radius 3 is 1.31 bits per heavy atom. The molecule has 14 nitrogen and oxygen atoms in total. The summed E-state index contributed by atoms with van der Waals surface area (Å²) in [5.41, 5.74) is 26.8. The summed E-state index contributed by atoms with van der Waals surface area (Å²) >= 11 is 0. The Labute approximate surface area is 806 Å². The molecule has 6 heterocycles. The molecule has 8 aromatic carbocycles. The number of phenolic OH excluding ortho intramolecular Hbond substituents is 2. The Balaban J connectivity index is 0.000000182. The number of aliphatic hydroxyl groups excluding tert-OH is 4. The number of carbonyl (C=O) groups excluding carboxylic acids is 2. The second-order valence-electron chi connectivity index (χ2n) is 34.5. The Morgan fingerprint density at radius 2 is 0.812 bits per heavy atom. The molecular weight excluding hydrogens is 2220 g/mol. The minimum Gasteiger partial charge on any atom is -0.512 e. The number of benzene rings is 8. The molecule has 2 unspecified atom stereocenters. The number of allylic oxidation sites excluding steroid dienone is 8. The van der Waals surface area contributed by atoms with Crippen LogP contribution in [0.25, 0.3) is 123 Å². The van der Waals surface area contributed by atoms with Crippen LogP contribution in [0.4, 0.5) is 0 Å². The first kappa shape index (κ1) is 100. The maximum atomic E-state index is 10.6. The fourth-order valence-corrected chi connectivity index (χ4v) is 15.8. The van der Waals surface area contributed by atoms with Crippen LogP contribution in [0, 0.1) is 12.1 Å². The molecule has 18 heteroatoms. The van der Waals surface area contributed by atoms with Crippen LogP contribution in [-0.4, -0.2) is 84.3 Å². The normalized spacial score (nSPS) is 14.5. The minimum atomic E-state index is -0.578. The number of fused-ring (bicyclic) bond motifs is 8. The van der Waals surface area contributed by atoms with Gasteiger partial charge in [0.25, 0.3) is 0 Å². The molecule has 2 radical (unpaired) electrons. The first-order valence-electron chi connectivity index (χ1n) is 41.7. The number of rotatable bonds is 10. The topological polar surface area (TPSA) is 233 Å². The second-order valence-corrected chi connectivity index (χ2v) is 34.5. The number of phenols is 2. The molecule has 662 valence electrons. The third-order valence-electron chi connectivity index (χ3n) is 22.3. The molecule has 0 spiro atoms. The zero-order valence-corrected chi connectivity index (χ0v) is 82.5. The van der Waals surface area contributed by atoms with Crippen LogP contribution in [0.1, 0.15) is 155 Å². The van der Waals surface area contributed by atoms with Gasteiger partial charge in [-0.15, -0.1) is 58.7 Å². The van der Waals surface area contributed by atoms with E-state index in [9.17, 15) is 30.0 Å². The molecule has 0 saturated carbocycles. The van der Waals surface area contributed by atoms with Crippen LogP contribution in [0.15, 0.2) is 315 Å². The van der Waals surface area contributed by atoms with Gasteiger partial charge in [-0.2, -0.15) is 0 Å². The number of para-hydroxylation sites is 3. The smallest absolute Gasteiger partial charge is 0.155 e. The van der Waals surface area contributed by atoms with Crippen LogP contribution in [-0.2, 0) is 113 Å². The molecule has 0 amide bonds. The maximum Gasteiger partial charge on any atom is 0.155 e. The van der Waals surface area contributed by atoms with Crippen molar-refractivity contribution in [2.45, 2.75) is 144 Å². The molecule has 4 aliphatic carbocycles. The fraction of sp³-hybridized carbons (Fsp3) is 0.200. The fourth-order valence-electron chi connectivity index (χ4n) is 15.8. The summed E-state index contributed by atoms with van der Waals surface area (Å²) in [7, 11) is 0. The van der Waals surface area contributed by atoms with E-state index in [2.05, 4.69) is 242 Å². The van der Waals surface area contributed by atoms with Gasteiger partial charge in [0.05, 0.1) is 74.8 Å². The van der Waals surface area contributed by atoms with Crippen LogP contribution in [0.3, 0.4) is 0 Å². The summed E-state index contributed by atoms with van der Waals surface area (Å²) in [4.78, 5) is 48.8. The number of ketones is 2. The molecule has 18 rings (SSSR count). The van der Waals surface area contributed by atoms with Gasteiger partial charge in [-0.3, -0.25) is 14.6 Å². The van der Waals surface area contributed by atoms with Crippen molar-refractivity contribution in [3.63, 3.8) is 0 Å². The summed E-state index contributed by atoms with van der Waals surface area (Å²) in [6, 6.07) is 90.2. The van der Waals surface area contributed by atoms with Crippen LogP contribution in [0.5, 0.6) is 11.5 Å². The van der Waals surface area contributed by atoms with Gasteiger partial charge >= 0.3 is 0 Å². The maximum absolute atomic E-state index is 10.6. The molecule has 4 aliphatic rings. The SMILES string of the molecule is CC(=O)C=C(C)O.CC(=O)C=C(C)O.CC(C)(C)c1cc(C2=CC=CCC2O)nc(-c2cc(C(C)(C)C)cc(-c3ccccc3O)n2)c1.CC1(C)c2ccccc2-c2c[c-]c(-c3ccc4ccccc4n3)cc21.CC1(C)c2ccccc2-c2c[c-]c(-c3nccc4ccccc34)cc21.Oc1ccccc1-c1cccc(-c2cccc(C3=CC=CCC3O)n2)n1.[Ir].[Ir].[Pd].[Pt]. The number of aromatic hydroxyl groups is 2. The zero-order chi connectivity index (χ0) is 88.4. The van der Waals surface area contributed by atoms with Crippen LogP contribution >= 0.6 is 0 Å². The summed E-state index contributed by atoms with van der Waals surface area (Å²) in [6.07, 6.45) is 15.9. The summed E-state index contributed by atoms with van der Waals surface area (Å²) < 4.78 is 0. The van der Waals surface area contributed by atoms with Crippen molar-refractivity contribution >= 4 is 44.4 Å². The van der Waals surface area contributed by atoms with Crippen molar-refractivity contribution < 1.29 is 122 Å². The first-order valence-corrected chi connectivity index (χ1v) is 41.7. The first-order chi connectivity index (χ1) is 59.2. The number of hydrogen-bond acceptors (Lipinski definition) is 14. The zero-order valence-electron chi connectivity index (χ0n) is 73.9. The van der Waals surface area contributed by atoms with E-state index in [1.54, 1.807) is 18.2 Å². The van der Waals surface area contributed by atoms with Gasteiger partial charge in [0.15, 0.2) is 11.6 Å². The van der Waals surface area contributed by atoms with Gasteiger partial charge in [0, 0.05) is 122 Å². The van der Waals surface area contributed by atoms with Gasteiger partial charge in [-0.1, -0.05) is 267 Å².